The Morgan fingerprint density at radius 1 is 1.16 bits per heavy atom. The van der Waals surface area contributed by atoms with Crippen LogP contribution in [0.2, 0.25) is 0 Å². The zero-order chi connectivity index (χ0) is 17.8. The van der Waals surface area contributed by atoms with Gasteiger partial charge in [-0.15, -0.1) is 0 Å². The fourth-order valence-electron chi connectivity index (χ4n) is 4.33. The lowest BCUT2D eigenvalue weighted by atomic mass is 9.85. The van der Waals surface area contributed by atoms with E-state index in [4.69, 9.17) is 0 Å². The number of piperidine rings is 1. The Morgan fingerprint density at radius 3 is 2.44 bits per heavy atom. The van der Waals surface area contributed by atoms with Gasteiger partial charge in [-0.05, 0) is 23.8 Å². The molecule has 0 aliphatic carbocycles. The van der Waals surface area contributed by atoms with E-state index >= 15 is 0 Å². The molecular formula is C20H31N3O2. The van der Waals surface area contributed by atoms with Gasteiger partial charge in [0, 0.05) is 51.3 Å². The van der Waals surface area contributed by atoms with Crippen LogP contribution in [0.4, 0.5) is 4.79 Å². The zero-order valence-corrected chi connectivity index (χ0v) is 15.4. The van der Waals surface area contributed by atoms with Gasteiger partial charge in [0.2, 0.25) is 0 Å². The topological polar surface area (TPSA) is 55.8 Å². The lowest BCUT2D eigenvalue weighted by Crippen LogP contribution is -2.56. The second-order valence-corrected chi connectivity index (χ2v) is 7.89. The molecule has 1 aromatic rings. The quantitative estimate of drug-likeness (QED) is 0.879. The highest BCUT2D eigenvalue weighted by Crippen LogP contribution is 2.24. The molecule has 1 aromatic carbocycles. The molecule has 2 saturated heterocycles. The molecule has 3 unspecified atom stereocenters. The van der Waals surface area contributed by atoms with E-state index in [1.54, 1.807) is 0 Å². The molecule has 3 rings (SSSR count). The molecule has 0 aromatic heterocycles. The third-order valence-corrected chi connectivity index (χ3v) is 5.69. The molecule has 2 aliphatic heterocycles. The first-order chi connectivity index (χ1) is 12.1. The standard InChI is InChI=1S/C20H31N3O2/c1-15-10-22(12-17-6-4-3-5-7-17)11-16(2)19(15)21-20(25)23-9-8-18(13-23)14-24/h3-7,15-16,18-19,24H,8-14H2,1-2H3,(H,21,25). The van der Waals surface area contributed by atoms with Crippen molar-refractivity contribution in [3.8, 4) is 0 Å². The van der Waals surface area contributed by atoms with E-state index in [1.807, 2.05) is 4.90 Å². The predicted octanol–water partition coefficient (Wildman–Crippen LogP) is 2.17. The van der Waals surface area contributed by atoms with Crippen LogP contribution < -0.4 is 5.32 Å². The van der Waals surface area contributed by atoms with Crippen LogP contribution in [0.5, 0.6) is 0 Å². The summed E-state index contributed by atoms with van der Waals surface area (Å²) in [6, 6.07) is 10.8. The summed E-state index contributed by atoms with van der Waals surface area (Å²) in [6.45, 7) is 9.06. The molecule has 2 heterocycles. The number of benzene rings is 1. The molecular weight excluding hydrogens is 314 g/mol. The number of aliphatic hydroxyl groups is 1. The predicted molar refractivity (Wildman–Crippen MR) is 99.1 cm³/mol. The second-order valence-electron chi connectivity index (χ2n) is 7.89. The van der Waals surface area contributed by atoms with Crippen LogP contribution in [-0.2, 0) is 6.54 Å². The number of nitrogens with zero attached hydrogens (tertiary/aromatic N) is 2. The number of carbonyl (C=O) groups excluding carboxylic acids is 1. The van der Waals surface area contributed by atoms with Crippen molar-refractivity contribution in [2.45, 2.75) is 32.9 Å². The number of hydrogen-bond donors (Lipinski definition) is 2. The van der Waals surface area contributed by atoms with Crippen LogP contribution in [0.25, 0.3) is 0 Å². The van der Waals surface area contributed by atoms with Crippen molar-refractivity contribution in [1.82, 2.24) is 15.1 Å². The van der Waals surface area contributed by atoms with Crippen molar-refractivity contribution >= 4 is 6.03 Å². The molecule has 2 amide bonds. The summed E-state index contributed by atoms with van der Waals surface area (Å²) in [6.07, 6.45) is 0.907. The first-order valence-electron chi connectivity index (χ1n) is 9.49. The van der Waals surface area contributed by atoms with Gasteiger partial charge < -0.3 is 15.3 Å². The number of hydrogen-bond acceptors (Lipinski definition) is 3. The van der Waals surface area contributed by atoms with Gasteiger partial charge in [0.05, 0.1) is 0 Å². The second kappa shape index (κ2) is 8.19. The molecule has 2 N–H and O–H groups in total. The Bertz CT molecular complexity index is 553. The van der Waals surface area contributed by atoms with Crippen molar-refractivity contribution in [2.75, 3.05) is 32.8 Å². The van der Waals surface area contributed by atoms with Crippen LogP contribution >= 0.6 is 0 Å². The van der Waals surface area contributed by atoms with Crippen LogP contribution in [0, 0.1) is 17.8 Å². The molecule has 0 radical (unpaired) electrons. The summed E-state index contributed by atoms with van der Waals surface area (Å²) in [5, 5.41) is 12.5. The third kappa shape index (κ3) is 4.53. The van der Waals surface area contributed by atoms with Gasteiger partial charge in [-0.2, -0.15) is 0 Å². The zero-order valence-electron chi connectivity index (χ0n) is 15.4. The van der Waals surface area contributed by atoms with E-state index in [0.717, 1.165) is 32.6 Å². The van der Waals surface area contributed by atoms with E-state index in [0.29, 0.717) is 18.4 Å². The van der Waals surface area contributed by atoms with Crippen LogP contribution in [0.1, 0.15) is 25.8 Å². The summed E-state index contributed by atoms with van der Waals surface area (Å²) >= 11 is 0. The molecule has 138 valence electrons. The van der Waals surface area contributed by atoms with Crippen molar-refractivity contribution in [2.24, 2.45) is 17.8 Å². The molecule has 2 fully saturated rings. The Balaban J connectivity index is 1.53. The molecule has 0 spiro atoms. The molecule has 5 nitrogen and oxygen atoms in total. The largest absolute Gasteiger partial charge is 0.396 e. The number of aliphatic hydroxyl groups excluding tert-OH is 1. The average Bonchev–Trinajstić information content (AvgIpc) is 3.08. The van der Waals surface area contributed by atoms with E-state index in [9.17, 15) is 9.90 Å². The van der Waals surface area contributed by atoms with Gasteiger partial charge >= 0.3 is 6.03 Å². The molecule has 5 heteroatoms. The highest BCUT2D eigenvalue weighted by molar-refractivity contribution is 5.75. The SMILES string of the molecule is CC1CN(Cc2ccccc2)CC(C)C1NC(=O)N1CCC(CO)C1. The minimum Gasteiger partial charge on any atom is -0.396 e. The van der Waals surface area contributed by atoms with E-state index in [2.05, 4.69) is 54.4 Å². The van der Waals surface area contributed by atoms with Crippen LogP contribution in [0.15, 0.2) is 30.3 Å². The van der Waals surface area contributed by atoms with Gasteiger partial charge in [0.25, 0.3) is 0 Å². The van der Waals surface area contributed by atoms with Gasteiger partial charge in [0.15, 0.2) is 0 Å². The van der Waals surface area contributed by atoms with Crippen LogP contribution in [-0.4, -0.2) is 59.8 Å². The number of rotatable bonds is 4. The maximum atomic E-state index is 12.6. The highest BCUT2D eigenvalue weighted by atomic mass is 16.3. The van der Waals surface area contributed by atoms with Gasteiger partial charge in [-0.25, -0.2) is 4.79 Å². The van der Waals surface area contributed by atoms with Crippen molar-refractivity contribution in [3.05, 3.63) is 35.9 Å². The Labute approximate surface area is 151 Å². The van der Waals surface area contributed by atoms with E-state index in [1.165, 1.54) is 5.56 Å². The van der Waals surface area contributed by atoms with Crippen molar-refractivity contribution in [3.63, 3.8) is 0 Å². The number of carbonyl (C=O) groups is 1. The smallest absolute Gasteiger partial charge is 0.317 e. The lowest BCUT2D eigenvalue weighted by molar-refractivity contribution is 0.0941. The minimum absolute atomic E-state index is 0.0381. The van der Waals surface area contributed by atoms with Crippen LogP contribution in [0.3, 0.4) is 0 Å². The first-order valence-corrected chi connectivity index (χ1v) is 9.49. The normalized spacial score (nSPS) is 30.4. The lowest BCUT2D eigenvalue weighted by Gasteiger charge is -2.42. The number of amides is 2. The maximum absolute atomic E-state index is 12.6. The summed E-state index contributed by atoms with van der Waals surface area (Å²) in [5.41, 5.74) is 1.34. The maximum Gasteiger partial charge on any atom is 0.317 e. The molecule has 2 aliphatic rings. The van der Waals surface area contributed by atoms with Gasteiger partial charge in [-0.1, -0.05) is 44.2 Å². The van der Waals surface area contributed by atoms with Crippen molar-refractivity contribution in [1.29, 1.82) is 0 Å². The number of urea groups is 1. The fraction of sp³-hybridized carbons (Fsp3) is 0.650. The van der Waals surface area contributed by atoms with Gasteiger partial charge in [0.1, 0.15) is 0 Å². The fourth-order valence-corrected chi connectivity index (χ4v) is 4.33. The monoisotopic (exact) mass is 345 g/mol. The molecule has 25 heavy (non-hydrogen) atoms. The number of likely N-dealkylation sites (tertiary alicyclic amines) is 2. The minimum atomic E-state index is 0.0381. The highest BCUT2D eigenvalue weighted by Gasteiger charge is 2.35. The third-order valence-electron chi connectivity index (χ3n) is 5.69. The summed E-state index contributed by atoms with van der Waals surface area (Å²) in [5.74, 6) is 1.09. The number of nitrogens with one attached hydrogen (secondary N) is 1. The van der Waals surface area contributed by atoms with E-state index < -0.39 is 0 Å². The summed E-state index contributed by atoms with van der Waals surface area (Å²) < 4.78 is 0. The molecule has 0 bridgehead atoms. The van der Waals surface area contributed by atoms with Crippen molar-refractivity contribution < 1.29 is 9.90 Å². The summed E-state index contributed by atoms with van der Waals surface area (Å²) in [7, 11) is 0. The Hall–Kier alpha value is -1.59. The Kier molecular flexibility index (Phi) is 5.97. The molecule has 3 atom stereocenters. The Morgan fingerprint density at radius 2 is 1.84 bits per heavy atom. The first kappa shape index (κ1) is 18.2. The average molecular weight is 345 g/mol. The van der Waals surface area contributed by atoms with Gasteiger partial charge in [-0.3, -0.25) is 4.90 Å². The summed E-state index contributed by atoms with van der Waals surface area (Å²) in [4.78, 5) is 16.9. The molecule has 0 saturated carbocycles. The van der Waals surface area contributed by atoms with E-state index in [-0.39, 0.29) is 24.6 Å².